The third-order valence-corrected chi connectivity index (χ3v) is 3.05. The number of para-hydroxylation sites is 2. The molecule has 0 amide bonds. The third kappa shape index (κ3) is 3.37. The Hall–Kier alpha value is -1.85. The van der Waals surface area contributed by atoms with Crippen LogP contribution < -0.4 is 15.4 Å². The van der Waals surface area contributed by atoms with Crippen LogP contribution >= 0.6 is 23.8 Å². The van der Waals surface area contributed by atoms with E-state index in [0.717, 1.165) is 0 Å². The predicted molar refractivity (Wildman–Crippen MR) is 84.2 cm³/mol. The number of anilines is 2. The molecule has 2 aromatic rings. The van der Waals surface area contributed by atoms with E-state index in [-0.39, 0.29) is 15.8 Å². The molecular weight excluding hydrogens is 299 g/mol. The molecule has 0 saturated carbocycles. The first-order valence-electron chi connectivity index (χ1n) is 5.77. The Kier molecular flexibility index (Phi) is 4.76. The van der Waals surface area contributed by atoms with E-state index in [4.69, 9.17) is 28.6 Å². The van der Waals surface area contributed by atoms with Crippen molar-refractivity contribution in [3.05, 3.63) is 53.3 Å². The molecule has 3 nitrogen and oxygen atoms in total. The summed E-state index contributed by atoms with van der Waals surface area (Å²) in [6.45, 7) is 0. The number of nitrogens with one attached hydrogen (secondary N) is 2. The lowest BCUT2D eigenvalue weighted by Gasteiger charge is -2.13. The molecule has 0 aromatic heterocycles. The second-order valence-electron chi connectivity index (χ2n) is 3.88. The zero-order valence-electron chi connectivity index (χ0n) is 10.6. The molecule has 0 saturated heterocycles. The summed E-state index contributed by atoms with van der Waals surface area (Å²) < 4.78 is 18.9. The number of ether oxygens (including phenoxy) is 1. The first-order valence-corrected chi connectivity index (χ1v) is 6.55. The molecule has 0 bridgehead atoms. The van der Waals surface area contributed by atoms with E-state index in [1.165, 1.54) is 6.07 Å². The largest absolute Gasteiger partial charge is 0.495 e. The number of hydrogen-bond donors (Lipinski definition) is 2. The molecule has 0 radical (unpaired) electrons. The summed E-state index contributed by atoms with van der Waals surface area (Å²) in [4.78, 5) is 0. The molecule has 6 heteroatoms. The van der Waals surface area contributed by atoms with Crippen molar-refractivity contribution in [1.29, 1.82) is 0 Å². The van der Waals surface area contributed by atoms with Gasteiger partial charge in [-0.1, -0.05) is 29.8 Å². The van der Waals surface area contributed by atoms with Crippen LogP contribution in [0, 0.1) is 5.82 Å². The minimum Gasteiger partial charge on any atom is -0.495 e. The number of rotatable bonds is 3. The Morgan fingerprint density at radius 2 is 1.75 bits per heavy atom. The van der Waals surface area contributed by atoms with E-state index in [2.05, 4.69) is 10.6 Å². The Morgan fingerprint density at radius 1 is 1.10 bits per heavy atom. The van der Waals surface area contributed by atoms with Crippen LogP contribution in [-0.4, -0.2) is 12.2 Å². The van der Waals surface area contributed by atoms with Gasteiger partial charge in [0.05, 0.1) is 23.5 Å². The normalized spacial score (nSPS) is 9.95. The van der Waals surface area contributed by atoms with Gasteiger partial charge in [-0.2, -0.15) is 0 Å². The van der Waals surface area contributed by atoms with Crippen LogP contribution in [0.15, 0.2) is 42.5 Å². The molecule has 0 spiro atoms. The van der Waals surface area contributed by atoms with Gasteiger partial charge in [-0.3, -0.25) is 0 Å². The SMILES string of the molecule is COc1ccccc1NC(=S)Nc1cccc(Cl)c1F. The first-order chi connectivity index (χ1) is 9.61. The smallest absolute Gasteiger partial charge is 0.175 e. The van der Waals surface area contributed by atoms with Gasteiger partial charge in [-0.25, -0.2) is 4.39 Å². The van der Waals surface area contributed by atoms with Crippen molar-refractivity contribution < 1.29 is 9.13 Å². The lowest BCUT2D eigenvalue weighted by atomic mass is 10.3. The number of benzene rings is 2. The van der Waals surface area contributed by atoms with Crippen molar-refractivity contribution in [1.82, 2.24) is 0 Å². The monoisotopic (exact) mass is 310 g/mol. The molecule has 0 aliphatic carbocycles. The highest BCUT2D eigenvalue weighted by atomic mass is 35.5. The van der Waals surface area contributed by atoms with Crippen molar-refractivity contribution in [2.75, 3.05) is 17.7 Å². The molecule has 104 valence electrons. The predicted octanol–water partition coefficient (Wildman–Crippen LogP) is 4.30. The molecule has 20 heavy (non-hydrogen) atoms. The minimum atomic E-state index is -0.543. The van der Waals surface area contributed by atoms with Crippen molar-refractivity contribution in [2.24, 2.45) is 0 Å². The number of halogens is 2. The molecule has 0 heterocycles. The number of hydrogen-bond acceptors (Lipinski definition) is 2. The van der Waals surface area contributed by atoms with Gasteiger partial charge in [0.2, 0.25) is 0 Å². The Balaban J connectivity index is 2.11. The fourth-order valence-electron chi connectivity index (χ4n) is 1.62. The van der Waals surface area contributed by atoms with Crippen LogP contribution in [0.2, 0.25) is 5.02 Å². The molecule has 2 aromatic carbocycles. The van der Waals surface area contributed by atoms with Gasteiger partial charge in [0, 0.05) is 0 Å². The van der Waals surface area contributed by atoms with E-state index in [0.29, 0.717) is 11.4 Å². The molecule has 0 aliphatic rings. The van der Waals surface area contributed by atoms with Gasteiger partial charge in [0.1, 0.15) is 5.75 Å². The molecule has 2 N–H and O–H groups in total. The van der Waals surface area contributed by atoms with Crippen LogP contribution in [-0.2, 0) is 0 Å². The van der Waals surface area contributed by atoms with Gasteiger partial charge in [0.25, 0.3) is 0 Å². The average Bonchev–Trinajstić information content (AvgIpc) is 2.44. The van der Waals surface area contributed by atoms with E-state index in [1.54, 1.807) is 31.4 Å². The van der Waals surface area contributed by atoms with E-state index >= 15 is 0 Å². The highest BCUT2D eigenvalue weighted by Crippen LogP contribution is 2.25. The lowest BCUT2D eigenvalue weighted by molar-refractivity contribution is 0.417. The summed E-state index contributed by atoms with van der Waals surface area (Å²) in [5.74, 6) is 0.0987. The first kappa shape index (κ1) is 14.6. The second kappa shape index (κ2) is 6.54. The summed E-state index contributed by atoms with van der Waals surface area (Å²) in [6.07, 6.45) is 0. The Labute approximate surface area is 126 Å². The zero-order chi connectivity index (χ0) is 14.5. The van der Waals surface area contributed by atoms with Crippen molar-refractivity contribution in [3.8, 4) is 5.75 Å². The number of methoxy groups -OCH3 is 1. The molecule has 0 aliphatic heterocycles. The van der Waals surface area contributed by atoms with Crippen LogP contribution in [0.25, 0.3) is 0 Å². The maximum Gasteiger partial charge on any atom is 0.175 e. The fraction of sp³-hybridized carbons (Fsp3) is 0.0714. The van der Waals surface area contributed by atoms with Gasteiger partial charge in [-0.15, -0.1) is 0 Å². The Bertz CT molecular complexity index is 636. The van der Waals surface area contributed by atoms with E-state index in [1.807, 2.05) is 12.1 Å². The third-order valence-electron chi connectivity index (χ3n) is 2.55. The summed E-state index contributed by atoms with van der Waals surface area (Å²) >= 11 is 10.8. The maximum absolute atomic E-state index is 13.7. The van der Waals surface area contributed by atoms with Gasteiger partial charge < -0.3 is 15.4 Å². The summed E-state index contributed by atoms with van der Waals surface area (Å²) in [5.41, 5.74) is 0.903. The van der Waals surface area contributed by atoms with Crippen molar-refractivity contribution in [3.63, 3.8) is 0 Å². The average molecular weight is 311 g/mol. The second-order valence-corrected chi connectivity index (χ2v) is 4.70. The van der Waals surface area contributed by atoms with Crippen LogP contribution in [0.5, 0.6) is 5.75 Å². The highest BCUT2D eigenvalue weighted by Gasteiger charge is 2.09. The quantitative estimate of drug-likeness (QED) is 0.828. The van der Waals surface area contributed by atoms with E-state index in [9.17, 15) is 4.39 Å². The Morgan fingerprint density at radius 3 is 2.50 bits per heavy atom. The van der Waals surface area contributed by atoms with Crippen LogP contribution in [0.1, 0.15) is 0 Å². The molecule has 2 rings (SSSR count). The fourth-order valence-corrected chi connectivity index (χ4v) is 2.02. The van der Waals surface area contributed by atoms with Crippen molar-refractivity contribution >= 4 is 40.3 Å². The molecular formula is C14H12ClFN2OS. The standard InChI is InChI=1S/C14H12ClFN2OS/c1-19-12-8-3-2-6-10(12)17-14(20)18-11-7-4-5-9(15)13(11)16/h2-8H,1H3,(H2,17,18,20). The topological polar surface area (TPSA) is 33.3 Å². The molecule has 0 unspecified atom stereocenters. The van der Waals surface area contributed by atoms with Gasteiger partial charge in [-0.05, 0) is 36.5 Å². The van der Waals surface area contributed by atoms with Crippen LogP contribution in [0.3, 0.4) is 0 Å². The molecule has 0 atom stereocenters. The van der Waals surface area contributed by atoms with Crippen molar-refractivity contribution in [2.45, 2.75) is 0 Å². The summed E-state index contributed by atoms with van der Waals surface area (Å²) in [5, 5.41) is 5.98. The van der Waals surface area contributed by atoms with Gasteiger partial charge in [0.15, 0.2) is 10.9 Å². The highest BCUT2D eigenvalue weighted by molar-refractivity contribution is 7.80. The molecule has 0 fully saturated rings. The zero-order valence-corrected chi connectivity index (χ0v) is 12.2. The number of thiocarbonyl (C=S) groups is 1. The lowest BCUT2D eigenvalue weighted by Crippen LogP contribution is -2.20. The van der Waals surface area contributed by atoms with Gasteiger partial charge >= 0.3 is 0 Å². The maximum atomic E-state index is 13.7. The summed E-state index contributed by atoms with van der Waals surface area (Å²) in [7, 11) is 1.56. The minimum absolute atomic E-state index is 0.0371. The van der Waals surface area contributed by atoms with Crippen LogP contribution in [0.4, 0.5) is 15.8 Å². The van der Waals surface area contributed by atoms with E-state index < -0.39 is 5.82 Å². The summed E-state index contributed by atoms with van der Waals surface area (Å²) in [6, 6.07) is 12.0.